The number of hydrogen-bond acceptors (Lipinski definition) is 4. The van der Waals surface area contributed by atoms with Gasteiger partial charge in [0.15, 0.2) is 0 Å². The Balaban J connectivity index is 3.88. The standard InChI is InChI=1S/C11H25N3O2/c1-4-6-14(9-8-13(2)3)7-5-10(12)11(15)16/h10H,4-9,12H2,1-3H3,(H,15,16). The summed E-state index contributed by atoms with van der Waals surface area (Å²) < 4.78 is 0. The van der Waals surface area contributed by atoms with Gasteiger partial charge in [-0.05, 0) is 33.5 Å². The zero-order chi connectivity index (χ0) is 12.6. The summed E-state index contributed by atoms with van der Waals surface area (Å²) in [5.74, 6) is -0.913. The lowest BCUT2D eigenvalue weighted by Gasteiger charge is -2.24. The first-order chi connectivity index (χ1) is 7.47. The predicted octanol–water partition coefficient (Wildman–Crippen LogP) is 0.0620. The quantitative estimate of drug-likeness (QED) is 0.587. The Hall–Kier alpha value is -0.650. The van der Waals surface area contributed by atoms with E-state index in [1.807, 2.05) is 14.1 Å². The summed E-state index contributed by atoms with van der Waals surface area (Å²) in [5, 5.41) is 8.69. The van der Waals surface area contributed by atoms with Gasteiger partial charge in [-0.3, -0.25) is 4.79 Å². The number of carboxylic acid groups (broad SMARTS) is 1. The Morgan fingerprint density at radius 2 is 1.88 bits per heavy atom. The number of carbonyl (C=O) groups is 1. The van der Waals surface area contributed by atoms with Gasteiger partial charge in [-0.15, -0.1) is 0 Å². The molecular weight excluding hydrogens is 206 g/mol. The minimum Gasteiger partial charge on any atom is -0.480 e. The van der Waals surface area contributed by atoms with Crippen molar-refractivity contribution in [3.63, 3.8) is 0 Å². The van der Waals surface area contributed by atoms with Crippen LogP contribution in [0.15, 0.2) is 0 Å². The summed E-state index contributed by atoms with van der Waals surface area (Å²) >= 11 is 0. The molecule has 0 spiro atoms. The van der Waals surface area contributed by atoms with Crippen molar-refractivity contribution in [3.8, 4) is 0 Å². The van der Waals surface area contributed by atoms with Crippen molar-refractivity contribution < 1.29 is 9.90 Å². The van der Waals surface area contributed by atoms with Crippen LogP contribution in [0.5, 0.6) is 0 Å². The number of carboxylic acids is 1. The molecule has 0 aromatic carbocycles. The maximum absolute atomic E-state index is 10.6. The molecule has 0 aliphatic rings. The second kappa shape index (κ2) is 8.50. The van der Waals surface area contributed by atoms with E-state index in [0.717, 1.165) is 32.6 Å². The van der Waals surface area contributed by atoms with Crippen molar-refractivity contribution in [3.05, 3.63) is 0 Å². The molecule has 0 heterocycles. The lowest BCUT2D eigenvalue weighted by Crippen LogP contribution is -2.38. The van der Waals surface area contributed by atoms with Gasteiger partial charge < -0.3 is 20.6 Å². The van der Waals surface area contributed by atoms with Crippen LogP contribution in [0.1, 0.15) is 19.8 Å². The van der Waals surface area contributed by atoms with E-state index in [9.17, 15) is 4.79 Å². The Morgan fingerprint density at radius 3 is 2.31 bits per heavy atom. The number of hydrogen-bond donors (Lipinski definition) is 2. The zero-order valence-corrected chi connectivity index (χ0v) is 10.6. The minimum atomic E-state index is -0.913. The first kappa shape index (κ1) is 15.3. The van der Waals surface area contributed by atoms with Crippen LogP contribution >= 0.6 is 0 Å². The van der Waals surface area contributed by atoms with E-state index in [2.05, 4.69) is 16.7 Å². The Morgan fingerprint density at radius 1 is 1.25 bits per heavy atom. The summed E-state index contributed by atoms with van der Waals surface area (Å²) in [6.45, 7) is 5.84. The van der Waals surface area contributed by atoms with Crippen LogP contribution in [0.4, 0.5) is 0 Å². The summed E-state index contributed by atoms with van der Waals surface area (Å²) in [4.78, 5) is 15.0. The molecular formula is C11H25N3O2. The third kappa shape index (κ3) is 7.62. The van der Waals surface area contributed by atoms with Crippen LogP contribution in [0.3, 0.4) is 0 Å². The molecule has 16 heavy (non-hydrogen) atoms. The second-order valence-electron chi connectivity index (χ2n) is 4.38. The van der Waals surface area contributed by atoms with E-state index >= 15 is 0 Å². The molecule has 3 N–H and O–H groups in total. The molecule has 0 saturated heterocycles. The van der Waals surface area contributed by atoms with Crippen LogP contribution in [-0.2, 0) is 4.79 Å². The van der Waals surface area contributed by atoms with Crippen molar-refractivity contribution in [2.24, 2.45) is 5.73 Å². The highest BCUT2D eigenvalue weighted by molar-refractivity contribution is 5.72. The third-order valence-electron chi connectivity index (χ3n) is 2.48. The zero-order valence-electron chi connectivity index (χ0n) is 10.6. The van der Waals surface area contributed by atoms with E-state index in [0.29, 0.717) is 6.42 Å². The highest BCUT2D eigenvalue weighted by Gasteiger charge is 2.13. The molecule has 96 valence electrons. The highest BCUT2D eigenvalue weighted by atomic mass is 16.4. The molecule has 1 unspecified atom stereocenters. The number of nitrogens with two attached hydrogens (primary N) is 1. The maximum atomic E-state index is 10.6. The van der Waals surface area contributed by atoms with Gasteiger partial charge in [-0.2, -0.15) is 0 Å². The van der Waals surface area contributed by atoms with Gasteiger partial charge in [-0.25, -0.2) is 0 Å². The number of aliphatic carboxylic acids is 1. The molecule has 5 nitrogen and oxygen atoms in total. The fourth-order valence-electron chi connectivity index (χ4n) is 1.44. The maximum Gasteiger partial charge on any atom is 0.320 e. The van der Waals surface area contributed by atoms with Gasteiger partial charge in [0.05, 0.1) is 0 Å². The number of likely N-dealkylation sites (N-methyl/N-ethyl adjacent to an activating group) is 1. The van der Waals surface area contributed by atoms with Crippen LogP contribution in [0, 0.1) is 0 Å². The Labute approximate surface area is 98.2 Å². The Bertz CT molecular complexity index is 198. The minimum absolute atomic E-state index is 0.517. The predicted molar refractivity (Wildman–Crippen MR) is 65.5 cm³/mol. The van der Waals surface area contributed by atoms with Gasteiger partial charge in [0.1, 0.15) is 6.04 Å². The molecule has 0 fully saturated rings. The average Bonchev–Trinajstić information content (AvgIpc) is 2.21. The van der Waals surface area contributed by atoms with E-state index < -0.39 is 12.0 Å². The molecule has 0 amide bonds. The second-order valence-corrected chi connectivity index (χ2v) is 4.38. The van der Waals surface area contributed by atoms with Crippen molar-refractivity contribution in [2.75, 3.05) is 40.3 Å². The molecule has 0 rings (SSSR count). The normalized spacial score (nSPS) is 13.4. The number of nitrogens with zero attached hydrogens (tertiary/aromatic N) is 2. The largest absolute Gasteiger partial charge is 0.480 e. The molecule has 0 bridgehead atoms. The van der Waals surface area contributed by atoms with Crippen LogP contribution in [0.2, 0.25) is 0 Å². The summed E-state index contributed by atoms with van der Waals surface area (Å²) in [7, 11) is 4.07. The van der Waals surface area contributed by atoms with Crippen molar-refractivity contribution in [1.29, 1.82) is 0 Å². The van der Waals surface area contributed by atoms with E-state index in [-0.39, 0.29) is 0 Å². The highest BCUT2D eigenvalue weighted by Crippen LogP contribution is 1.97. The van der Waals surface area contributed by atoms with Gasteiger partial charge in [0.25, 0.3) is 0 Å². The van der Waals surface area contributed by atoms with Crippen LogP contribution in [0.25, 0.3) is 0 Å². The molecule has 0 saturated carbocycles. The van der Waals surface area contributed by atoms with Gasteiger partial charge >= 0.3 is 5.97 Å². The van der Waals surface area contributed by atoms with Crippen molar-refractivity contribution >= 4 is 5.97 Å². The number of rotatable bonds is 9. The van der Waals surface area contributed by atoms with Crippen LogP contribution < -0.4 is 5.73 Å². The van der Waals surface area contributed by atoms with Gasteiger partial charge in [-0.1, -0.05) is 6.92 Å². The molecule has 5 heteroatoms. The lowest BCUT2D eigenvalue weighted by atomic mass is 10.2. The molecule has 0 aliphatic carbocycles. The Kier molecular flexibility index (Phi) is 8.15. The molecule has 1 atom stereocenters. The first-order valence-electron chi connectivity index (χ1n) is 5.82. The van der Waals surface area contributed by atoms with Crippen molar-refractivity contribution in [2.45, 2.75) is 25.8 Å². The van der Waals surface area contributed by atoms with Crippen molar-refractivity contribution in [1.82, 2.24) is 9.80 Å². The van der Waals surface area contributed by atoms with Gasteiger partial charge in [0, 0.05) is 19.6 Å². The van der Waals surface area contributed by atoms with Gasteiger partial charge in [0.2, 0.25) is 0 Å². The molecule has 0 aromatic rings. The monoisotopic (exact) mass is 231 g/mol. The fraction of sp³-hybridized carbons (Fsp3) is 0.909. The van der Waals surface area contributed by atoms with E-state index in [4.69, 9.17) is 10.8 Å². The SMILES string of the molecule is CCCN(CCC(N)C(=O)O)CCN(C)C. The van der Waals surface area contributed by atoms with Crippen LogP contribution in [-0.4, -0.2) is 67.2 Å². The smallest absolute Gasteiger partial charge is 0.320 e. The summed E-state index contributed by atoms with van der Waals surface area (Å²) in [5.41, 5.74) is 5.48. The summed E-state index contributed by atoms with van der Waals surface area (Å²) in [6.07, 6.45) is 1.60. The third-order valence-corrected chi connectivity index (χ3v) is 2.48. The molecule has 0 aromatic heterocycles. The van der Waals surface area contributed by atoms with E-state index in [1.54, 1.807) is 0 Å². The average molecular weight is 231 g/mol. The summed E-state index contributed by atoms with van der Waals surface area (Å²) in [6, 6.07) is -0.737. The molecule has 0 aliphatic heterocycles. The lowest BCUT2D eigenvalue weighted by molar-refractivity contribution is -0.138. The van der Waals surface area contributed by atoms with E-state index in [1.165, 1.54) is 0 Å². The molecule has 0 radical (unpaired) electrons. The first-order valence-corrected chi connectivity index (χ1v) is 5.82. The fourth-order valence-corrected chi connectivity index (χ4v) is 1.44. The topological polar surface area (TPSA) is 69.8 Å².